The molecule has 8 nitrogen and oxygen atoms in total. The van der Waals surface area contributed by atoms with Crippen LogP contribution in [-0.2, 0) is 20.4 Å². The normalized spacial score (nSPS) is 12.3. The van der Waals surface area contributed by atoms with Gasteiger partial charge in [-0.15, -0.1) is 11.3 Å². The van der Waals surface area contributed by atoms with Crippen molar-refractivity contribution in [1.29, 1.82) is 0 Å². The topological polar surface area (TPSA) is 97.1 Å². The van der Waals surface area contributed by atoms with Crippen molar-refractivity contribution in [3.05, 3.63) is 75.0 Å². The standard InChI is InChI=1S/C24H23F3N2O6S/c1-13(15-7-5-6-8-16(15)24(25,26)27)35-19-12-20(36-21(19)22(30)32-2)28-18-11-14(23(33-3)34-4)9-10-17(18)29-31/h5-13,23,28H,1-4H3/p+1. The fraction of sp³-hybridized carbons (Fsp3) is 0.292. The lowest BCUT2D eigenvalue weighted by Crippen LogP contribution is -2.56. The lowest BCUT2D eigenvalue weighted by molar-refractivity contribution is -0.378. The van der Waals surface area contributed by atoms with Gasteiger partial charge in [-0.2, -0.15) is 13.2 Å². The molecule has 0 amide bonds. The number of methoxy groups -OCH3 is 3. The van der Waals surface area contributed by atoms with Gasteiger partial charge in [-0.3, -0.25) is 0 Å². The van der Waals surface area contributed by atoms with Gasteiger partial charge in [0.05, 0.1) is 17.7 Å². The Kier molecular flexibility index (Phi) is 8.66. The smallest absolute Gasteiger partial charge is 0.416 e. The number of thiophene rings is 1. The summed E-state index contributed by atoms with van der Waals surface area (Å²) >= 11 is 0.954. The average Bonchev–Trinajstić information content (AvgIpc) is 3.25. The van der Waals surface area contributed by atoms with Gasteiger partial charge in [0.15, 0.2) is 11.2 Å². The minimum absolute atomic E-state index is 0.0262. The highest BCUT2D eigenvalue weighted by molar-refractivity contribution is 7.18. The van der Waals surface area contributed by atoms with Gasteiger partial charge in [-0.1, -0.05) is 18.2 Å². The molecule has 0 saturated carbocycles. The number of carbonyl (C=O) groups is 1. The molecule has 3 rings (SSSR count). The first-order chi connectivity index (χ1) is 17.1. The highest BCUT2D eigenvalue weighted by atomic mass is 32.1. The summed E-state index contributed by atoms with van der Waals surface area (Å²) in [5.74, 6) is -0.701. The molecule has 1 unspecified atom stereocenters. The van der Waals surface area contributed by atoms with Crippen molar-refractivity contribution in [2.24, 2.45) is 0 Å². The molecule has 12 heteroatoms. The predicted octanol–water partition coefficient (Wildman–Crippen LogP) is 5.21. The molecule has 0 aliphatic heterocycles. The molecule has 2 N–H and O–H groups in total. The predicted molar refractivity (Wildman–Crippen MR) is 127 cm³/mol. The summed E-state index contributed by atoms with van der Waals surface area (Å²) in [6, 6.07) is 11.3. The SMILES string of the molecule is COC(=O)c1sc(Nc2cc(C(OC)OC)ccc2[NH+]=O)cc1OC(C)c1ccccc1C(F)(F)F. The van der Waals surface area contributed by atoms with Crippen LogP contribution in [0.15, 0.2) is 48.5 Å². The molecule has 1 heterocycles. The van der Waals surface area contributed by atoms with Crippen molar-refractivity contribution in [2.45, 2.75) is 25.5 Å². The number of hydrogen-bond acceptors (Lipinski definition) is 8. The Balaban J connectivity index is 1.97. The molecule has 1 atom stereocenters. The molecule has 0 fully saturated rings. The number of esters is 1. The van der Waals surface area contributed by atoms with Crippen LogP contribution >= 0.6 is 11.3 Å². The Morgan fingerprint density at radius 1 is 1.06 bits per heavy atom. The number of nitroso groups, excluding NO2 is 1. The second kappa shape index (κ2) is 11.5. The molecule has 0 radical (unpaired) electrons. The Labute approximate surface area is 208 Å². The maximum atomic E-state index is 13.5. The van der Waals surface area contributed by atoms with E-state index in [0.29, 0.717) is 16.3 Å². The van der Waals surface area contributed by atoms with Crippen LogP contribution in [0.3, 0.4) is 0 Å². The quantitative estimate of drug-likeness (QED) is 0.277. The second-order valence-electron chi connectivity index (χ2n) is 7.48. The Hall–Kier alpha value is -3.48. The lowest BCUT2D eigenvalue weighted by atomic mass is 10.0. The first kappa shape index (κ1) is 27.1. The summed E-state index contributed by atoms with van der Waals surface area (Å²) in [6.07, 6.45) is -6.30. The van der Waals surface area contributed by atoms with E-state index >= 15 is 0 Å². The molecule has 2 aromatic carbocycles. The fourth-order valence-corrected chi connectivity index (χ4v) is 4.45. The molecule has 0 bridgehead atoms. The van der Waals surface area contributed by atoms with Crippen LogP contribution in [0.5, 0.6) is 5.75 Å². The largest absolute Gasteiger partial charge is 0.484 e. The van der Waals surface area contributed by atoms with Crippen LogP contribution in [0.2, 0.25) is 0 Å². The van der Waals surface area contributed by atoms with E-state index in [4.69, 9.17) is 18.9 Å². The number of alkyl halides is 3. The van der Waals surface area contributed by atoms with Crippen LogP contribution in [0.1, 0.15) is 45.7 Å². The number of nitrogens with one attached hydrogen (secondary N) is 2. The van der Waals surface area contributed by atoms with Gasteiger partial charge >= 0.3 is 12.1 Å². The summed E-state index contributed by atoms with van der Waals surface area (Å²) < 4.78 is 61.6. The highest BCUT2D eigenvalue weighted by Gasteiger charge is 2.35. The minimum Gasteiger partial charge on any atom is -0.484 e. The summed E-state index contributed by atoms with van der Waals surface area (Å²) in [5.41, 5.74) is 0.241. The summed E-state index contributed by atoms with van der Waals surface area (Å²) in [6.45, 7) is 1.45. The molecular weight excluding hydrogens is 501 g/mol. The van der Waals surface area contributed by atoms with Crippen molar-refractivity contribution >= 4 is 33.7 Å². The van der Waals surface area contributed by atoms with E-state index < -0.39 is 30.1 Å². The number of carbonyl (C=O) groups excluding carboxylic acids is 1. The van der Waals surface area contributed by atoms with Gasteiger partial charge in [-0.25, -0.2) is 4.79 Å². The van der Waals surface area contributed by atoms with Crippen molar-refractivity contribution in [3.8, 4) is 5.75 Å². The van der Waals surface area contributed by atoms with Crippen molar-refractivity contribution < 1.29 is 42.1 Å². The number of anilines is 2. The molecule has 0 spiro atoms. The maximum absolute atomic E-state index is 13.5. The number of hydrogen-bond donors (Lipinski definition) is 2. The van der Waals surface area contributed by atoms with Gasteiger partial charge in [-0.05, 0) is 25.1 Å². The summed E-state index contributed by atoms with van der Waals surface area (Å²) in [5, 5.41) is 5.24. The minimum atomic E-state index is -4.57. The van der Waals surface area contributed by atoms with Crippen molar-refractivity contribution in [2.75, 3.05) is 26.6 Å². The van der Waals surface area contributed by atoms with Gasteiger partial charge < -0.3 is 24.3 Å². The third-order valence-corrected chi connectivity index (χ3v) is 6.20. The van der Waals surface area contributed by atoms with E-state index in [1.165, 1.54) is 58.6 Å². The Morgan fingerprint density at radius 2 is 1.75 bits per heavy atom. The van der Waals surface area contributed by atoms with Crippen LogP contribution in [0, 0.1) is 4.91 Å². The zero-order valence-corrected chi connectivity index (χ0v) is 20.6. The van der Waals surface area contributed by atoms with Crippen LogP contribution in [0.4, 0.5) is 29.5 Å². The zero-order chi connectivity index (χ0) is 26.5. The highest BCUT2D eigenvalue weighted by Crippen LogP contribution is 2.41. The van der Waals surface area contributed by atoms with E-state index in [1.54, 1.807) is 12.1 Å². The molecule has 0 aliphatic rings. The van der Waals surface area contributed by atoms with Crippen LogP contribution < -0.4 is 15.2 Å². The average molecular weight is 526 g/mol. The van der Waals surface area contributed by atoms with E-state index in [2.05, 4.69) is 5.32 Å². The Morgan fingerprint density at radius 3 is 2.36 bits per heavy atom. The van der Waals surface area contributed by atoms with E-state index in [1.807, 2.05) is 5.18 Å². The summed E-state index contributed by atoms with van der Waals surface area (Å²) in [7, 11) is 4.11. The first-order valence-electron chi connectivity index (χ1n) is 10.5. The summed E-state index contributed by atoms with van der Waals surface area (Å²) in [4.78, 5) is 23.9. The first-order valence-corrected chi connectivity index (χ1v) is 11.3. The third-order valence-electron chi connectivity index (χ3n) is 5.19. The third kappa shape index (κ3) is 6.01. The number of ether oxygens (including phenoxy) is 4. The molecule has 3 aromatic rings. The molecule has 36 heavy (non-hydrogen) atoms. The molecule has 0 saturated heterocycles. The van der Waals surface area contributed by atoms with Crippen LogP contribution in [0.25, 0.3) is 0 Å². The number of rotatable bonds is 10. The monoisotopic (exact) mass is 525 g/mol. The molecule has 1 aromatic heterocycles. The molecular formula is C24H24F3N2O6S+. The van der Waals surface area contributed by atoms with Crippen molar-refractivity contribution in [3.63, 3.8) is 0 Å². The Bertz CT molecular complexity index is 1230. The molecule has 0 aliphatic carbocycles. The maximum Gasteiger partial charge on any atom is 0.416 e. The van der Waals surface area contributed by atoms with E-state index in [9.17, 15) is 22.9 Å². The van der Waals surface area contributed by atoms with Gasteiger partial charge in [0, 0.05) is 47.6 Å². The van der Waals surface area contributed by atoms with Crippen LogP contribution in [-0.4, -0.2) is 27.3 Å². The fourth-order valence-electron chi connectivity index (χ4n) is 3.52. The zero-order valence-electron chi connectivity index (χ0n) is 19.8. The number of halogens is 3. The van der Waals surface area contributed by atoms with Gasteiger partial charge in [0.1, 0.15) is 17.5 Å². The van der Waals surface area contributed by atoms with Crippen molar-refractivity contribution in [1.82, 2.24) is 0 Å². The van der Waals surface area contributed by atoms with E-state index in [0.717, 1.165) is 17.4 Å². The lowest BCUT2D eigenvalue weighted by Gasteiger charge is -2.19. The number of benzene rings is 2. The van der Waals surface area contributed by atoms with Gasteiger partial charge in [0.25, 0.3) is 5.69 Å². The van der Waals surface area contributed by atoms with E-state index in [-0.39, 0.29) is 21.9 Å². The van der Waals surface area contributed by atoms with Gasteiger partial charge in [0.2, 0.25) is 0 Å². The second-order valence-corrected chi connectivity index (χ2v) is 8.53. The molecule has 192 valence electrons.